The minimum Gasteiger partial charge on any atom is -0.507 e. The number of phenols is 1. The summed E-state index contributed by atoms with van der Waals surface area (Å²) >= 11 is 5.36. The summed E-state index contributed by atoms with van der Waals surface area (Å²) in [7, 11) is 0. The summed E-state index contributed by atoms with van der Waals surface area (Å²) in [5.74, 6) is 0.149. The summed E-state index contributed by atoms with van der Waals surface area (Å²) in [6, 6.07) is 6.90. The summed E-state index contributed by atoms with van der Waals surface area (Å²) < 4.78 is 0. The van der Waals surface area contributed by atoms with Gasteiger partial charge >= 0.3 is 6.03 Å². The summed E-state index contributed by atoms with van der Waals surface area (Å²) in [5, 5.41) is 19.5. The van der Waals surface area contributed by atoms with E-state index in [1.54, 1.807) is 39.2 Å². The minimum atomic E-state index is -0.276. The number of thiocarbonyl (C=S) groups is 1. The first kappa shape index (κ1) is 15.5. The van der Waals surface area contributed by atoms with Crippen molar-refractivity contribution in [3.63, 3.8) is 0 Å². The second-order valence-corrected chi connectivity index (χ2v) is 5.70. The number of carbonyl (C=O) groups excluding carboxylic acids is 1. The van der Waals surface area contributed by atoms with E-state index in [1.807, 2.05) is 19.9 Å². The predicted octanol–water partition coefficient (Wildman–Crippen LogP) is 1.35. The molecule has 2 N–H and O–H groups in total. The molecule has 23 heavy (non-hydrogen) atoms. The molecule has 0 spiro atoms. The predicted molar refractivity (Wildman–Crippen MR) is 91.0 cm³/mol. The van der Waals surface area contributed by atoms with Gasteiger partial charge in [-0.2, -0.15) is 5.10 Å². The topological polar surface area (TPSA) is 71.4 Å². The Labute approximate surface area is 140 Å². The number of nitrogens with zero attached hydrogens (tertiary/aromatic N) is 4. The molecule has 2 amide bonds. The molecule has 3 rings (SSSR count). The Kier molecular flexibility index (Phi) is 4.08. The molecule has 0 radical (unpaired) electrons. The SMILES string of the molecule is CCN1C(=O)N(CC)[C@@H]2[C@@H]1NC(=S)N2/N=C\c1ccccc1O. The van der Waals surface area contributed by atoms with Crippen LogP contribution in [0.4, 0.5) is 4.79 Å². The van der Waals surface area contributed by atoms with Crippen molar-refractivity contribution in [3.05, 3.63) is 29.8 Å². The first-order valence-corrected chi connectivity index (χ1v) is 7.98. The lowest BCUT2D eigenvalue weighted by Gasteiger charge is -2.25. The highest BCUT2D eigenvalue weighted by molar-refractivity contribution is 7.80. The number of phenolic OH excluding ortho intramolecular Hbond substituents is 1. The number of urea groups is 1. The van der Waals surface area contributed by atoms with Gasteiger partial charge in [0.1, 0.15) is 11.9 Å². The van der Waals surface area contributed by atoms with Crippen molar-refractivity contribution in [2.75, 3.05) is 13.1 Å². The standard InChI is InChI=1S/C15H19N5O2S/c1-3-18-12-13(19(4-2)15(18)22)20(14(23)17-12)16-9-10-7-5-6-8-11(10)21/h5-9,12-13,21H,3-4H2,1-2H3,(H,17,23)/b16-9-/t12-,13+/m1/s1. The molecular weight excluding hydrogens is 314 g/mol. The van der Waals surface area contributed by atoms with Crippen LogP contribution in [0.3, 0.4) is 0 Å². The molecule has 2 heterocycles. The molecule has 7 nitrogen and oxygen atoms in total. The van der Waals surface area contributed by atoms with E-state index in [1.165, 1.54) is 0 Å². The van der Waals surface area contributed by atoms with Crippen molar-refractivity contribution in [1.82, 2.24) is 20.1 Å². The number of likely N-dealkylation sites (N-methyl/N-ethyl adjacent to an activating group) is 2. The average molecular weight is 333 g/mol. The number of fused-ring (bicyclic) bond motifs is 1. The molecule has 2 aliphatic heterocycles. The fourth-order valence-electron chi connectivity index (χ4n) is 2.96. The number of hydrogen-bond donors (Lipinski definition) is 2. The second kappa shape index (κ2) is 6.04. The first-order valence-electron chi connectivity index (χ1n) is 7.57. The third kappa shape index (κ3) is 2.48. The number of amides is 2. The number of rotatable bonds is 4. The van der Waals surface area contributed by atoms with Gasteiger partial charge in [0.2, 0.25) is 0 Å². The van der Waals surface area contributed by atoms with Gasteiger partial charge in [-0.1, -0.05) is 12.1 Å². The smallest absolute Gasteiger partial charge is 0.323 e. The van der Waals surface area contributed by atoms with Gasteiger partial charge < -0.3 is 15.3 Å². The molecule has 2 aliphatic rings. The lowest BCUT2D eigenvalue weighted by atomic mass is 10.2. The van der Waals surface area contributed by atoms with Gasteiger partial charge in [0.15, 0.2) is 11.3 Å². The van der Waals surface area contributed by atoms with Gasteiger partial charge in [-0.05, 0) is 38.2 Å². The van der Waals surface area contributed by atoms with Crippen LogP contribution in [0.25, 0.3) is 0 Å². The summed E-state index contributed by atoms with van der Waals surface area (Å²) in [6.07, 6.45) is 1.07. The van der Waals surface area contributed by atoms with E-state index in [0.29, 0.717) is 23.8 Å². The van der Waals surface area contributed by atoms with Gasteiger partial charge in [-0.15, -0.1) is 0 Å². The fourth-order valence-corrected chi connectivity index (χ4v) is 3.23. The largest absolute Gasteiger partial charge is 0.507 e. The van der Waals surface area contributed by atoms with Crippen LogP contribution in [0.15, 0.2) is 29.4 Å². The van der Waals surface area contributed by atoms with Crippen molar-refractivity contribution in [2.24, 2.45) is 5.10 Å². The van der Waals surface area contributed by atoms with Crippen LogP contribution >= 0.6 is 12.2 Å². The normalized spacial score (nSPS) is 23.8. The van der Waals surface area contributed by atoms with E-state index in [4.69, 9.17) is 12.2 Å². The monoisotopic (exact) mass is 333 g/mol. The third-order valence-corrected chi connectivity index (χ3v) is 4.40. The number of aromatic hydroxyl groups is 1. The average Bonchev–Trinajstić information content (AvgIpc) is 2.98. The summed E-state index contributed by atoms with van der Waals surface area (Å²) in [4.78, 5) is 15.9. The zero-order chi connectivity index (χ0) is 16.6. The van der Waals surface area contributed by atoms with E-state index >= 15 is 0 Å². The molecule has 1 aromatic carbocycles. The van der Waals surface area contributed by atoms with Crippen molar-refractivity contribution >= 4 is 29.6 Å². The summed E-state index contributed by atoms with van der Waals surface area (Å²) in [5.41, 5.74) is 0.596. The van der Waals surface area contributed by atoms with Gasteiger partial charge in [-0.3, -0.25) is 4.90 Å². The minimum absolute atomic E-state index is 0.0252. The molecule has 0 unspecified atom stereocenters. The first-order chi connectivity index (χ1) is 11.1. The Morgan fingerprint density at radius 1 is 1.30 bits per heavy atom. The molecule has 122 valence electrons. The molecule has 0 saturated carbocycles. The zero-order valence-electron chi connectivity index (χ0n) is 13.0. The molecular formula is C15H19N5O2S. The van der Waals surface area contributed by atoms with E-state index in [0.717, 1.165) is 0 Å². The lowest BCUT2D eigenvalue weighted by molar-refractivity contribution is 0.157. The number of nitrogens with one attached hydrogen (secondary N) is 1. The molecule has 2 atom stereocenters. The molecule has 0 bridgehead atoms. The Bertz CT molecular complexity index is 665. The van der Waals surface area contributed by atoms with Crippen LogP contribution in [-0.4, -0.2) is 62.7 Å². The van der Waals surface area contributed by atoms with Gasteiger partial charge in [-0.25, -0.2) is 9.80 Å². The van der Waals surface area contributed by atoms with Crippen molar-refractivity contribution < 1.29 is 9.90 Å². The van der Waals surface area contributed by atoms with Crippen LogP contribution in [-0.2, 0) is 0 Å². The van der Waals surface area contributed by atoms with E-state index < -0.39 is 0 Å². The summed E-state index contributed by atoms with van der Waals surface area (Å²) in [6.45, 7) is 5.04. The van der Waals surface area contributed by atoms with E-state index in [-0.39, 0.29) is 24.1 Å². The third-order valence-electron chi connectivity index (χ3n) is 4.10. The Hall–Kier alpha value is -2.35. The zero-order valence-corrected chi connectivity index (χ0v) is 13.8. The maximum absolute atomic E-state index is 12.4. The van der Waals surface area contributed by atoms with Crippen molar-refractivity contribution in [2.45, 2.75) is 26.2 Å². The maximum atomic E-state index is 12.4. The molecule has 1 aromatic rings. The van der Waals surface area contributed by atoms with Crippen LogP contribution in [0.1, 0.15) is 19.4 Å². The Morgan fingerprint density at radius 2 is 2.00 bits per heavy atom. The van der Waals surface area contributed by atoms with Crippen LogP contribution in [0.5, 0.6) is 5.75 Å². The highest BCUT2D eigenvalue weighted by Crippen LogP contribution is 2.29. The van der Waals surface area contributed by atoms with Gasteiger partial charge in [0.05, 0.1) is 6.21 Å². The number of carbonyl (C=O) groups is 1. The van der Waals surface area contributed by atoms with Crippen molar-refractivity contribution in [1.29, 1.82) is 0 Å². The Balaban J connectivity index is 1.89. The van der Waals surface area contributed by atoms with Crippen LogP contribution < -0.4 is 5.32 Å². The molecule has 0 aromatic heterocycles. The molecule has 0 aliphatic carbocycles. The highest BCUT2D eigenvalue weighted by Gasteiger charge is 2.53. The quantitative estimate of drug-likeness (QED) is 0.643. The number of hydrogen-bond acceptors (Lipinski definition) is 4. The van der Waals surface area contributed by atoms with Crippen molar-refractivity contribution in [3.8, 4) is 5.75 Å². The number of para-hydroxylation sites is 1. The van der Waals surface area contributed by atoms with Gasteiger partial charge in [0, 0.05) is 18.7 Å². The van der Waals surface area contributed by atoms with Crippen LogP contribution in [0, 0.1) is 0 Å². The van der Waals surface area contributed by atoms with E-state index in [2.05, 4.69) is 10.4 Å². The second-order valence-electron chi connectivity index (χ2n) is 5.31. The fraction of sp³-hybridized carbons (Fsp3) is 0.400. The maximum Gasteiger partial charge on any atom is 0.323 e. The van der Waals surface area contributed by atoms with Crippen LogP contribution in [0.2, 0.25) is 0 Å². The molecule has 2 fully saturated rings. The highest BCUT2D eigenvalue weighted by atomic mass is 32.1. The van der Waals surface area contributed by atoms with Gasteiger partial charge in [0.25, 0.3) is 0 Å². The number of benzene rings is 1. The lowest BCUT2D eigenvalue weighted by Crippen LogP contribution is -2.43. The number of hydrazone groups is 1. The van der Waals surface area contributed by atoms with E-state index in [9.17, 15) is 9.90 Å². The Morgan fingerprint density at radius 3 is 2.65 bits per heavy atom. The molecule has 8 heteroatoms. The molecule has 2 saturated heterocycles.